The van der Waals surface area contributed by atoms with Crippen LogP contribution in [0.5, 0.6) is 0 Å². The maximum Gasteiger partial charge on any atom is 0.338 e. The second-order valence-corrected chi connectivity index (χ2v) is 18.3. The van der Waals surface area contributed by atoms with Crippen LogP contribution in [0.1, 0.15) is 93.6 Å². The normalized spacial score (nSPS) is 30.4. The van der Waals surface area contributed by atoms with Gasteiger partial charge in [0.2, 0.25) is 0 Å². The number of ketones is 1. The topological polar surface area (TPSA) is 227 Å². The molecule has 1 saturated heterocycles. The van der Waals surface area contributed by atoms with E-state index >= 15 is 4.79 Å². The van der Waals surface area contributed by atoms with Gasteiger partial charge in [-0.2, -0.15) is 0 Å². The van der Waals surface area contributed by atoms with Crippen molar-refractivity contribution in [1.82, 2.24) is 5.32 Å². The maximum atomic E-state index is 16.0. The number of ether oxygens (including phenoxy) is 6. The molecule has 0 aromatic heterocycles. The van der Waals surface area contributed by atoms with E-state index in [-0.39, 0.29) is 35.3 Å². The lowest BCUT2D eigenvalue weighted by Crippen LogP contribution is -2.82. The van der Waals surface area contributed by atoms with E-state index < -0.39 is 119 Å². The minimum absolute atomic E-state index is 0.0294. The van der Waals surface area contributed by atoms with Crippen LogP contribution in [-0.2, 0) is 52.4 Å². The smallest absolute Gasteiger partial charge is 0.338 e. The number of nitrogens with one attached hydrogen (secondary N) is 1. The summed E-state index contributed by atoms with van der Waals surface area (Å²) in [4.78, 5) is 98.2. The molecular weight excluding hydrogens is 867 g/mol. The molecule has 3 aromatic rings. The molecule has 1 heterocycles. The lowest BCUT2D eigenvalue weighted by molar-refractivity contribution is -0.346. The molecule has 7 rings (SSSR count). The molecule has 1 aliphatic heterocycles. The molecule has 4 aliphatic rings. The Labute approximate surface area is 387 Å². The van der Waals surface area contributed by atoms with E-state index in [2.05, 4.69) is 5.32 Å². The van der Waals surface area contributed by atoms with E-state index in [1.54, 1.807) is 99.6 Å². The van der Waals surface area contributed by atoms with Crippen LogP contribution in [0.15, 0.2) is 114 Å². The van der Waals surface area contributed by atoms with E-state index in [0.717, 1.165) is 19.9 Å². The molecule has 354 valence electrons. The molecule has 0 spiro atoms. The van der Waals surface area contributed by atoms with Crippen LogP contribution in [0.2, 0.25) is 0 Å². The van der Waals surface area contributed by atoms with Crippen molar-refractivity contribution in [1.29, 1.82) is 0 Å². The monoisotopic (exact) mass is 921 g/mol. The average Bonchev–Trinajstić information content (AvgIpc) is 3.29. The zero-order valence-corrected chi connectivity index (χ0v) is 38.3. The Morgan fingerprint density at radius 2 is 1.42 bits per heavy atom. The zero-order chi connectivity index (χ0) is 48.6. The van der Waals surface area contributed by atoms with Crippen molar-refractivity contribution >= 4 is 41.5 Å². The summed E-state index contributed by atoms with van der Waals surface area (Å²) in [6, 6.07) is 22.8. The third-order valence-corrected chi connectivity index (χ3v) is 14.0. The molecule has 3 N–H and O–H groups in total. The Kier molecular flexibility index (Phi) is 13.5. The summed E-state index contributed by atoms with van der Waals surface area (Å²) in [5.41, 5.74) is -7.33. The highest BCUT2D eigenvalue weighted by Crippen LogP contribution is 2.65. The minimum atomic E-state index is -2.45. The lowest BCUT2D eigenvalue weighted by atomic mass is 9.44. The first-order valence-electron chi connectivity index (χ1n) is 22.1. The van der Waals surface area contributed by atoms with Gasteiger partial charge in [-0.15, -0.1) is 0 Å². The minimum Gasteiger partial charge on any atom is -0.458 e. The van der Waals surface area contributed by atoms with E-state index in [1.807, 2.05) is 0 Å². The van der Waals surface area contributed by atoms with E-state index in [0.29, 0.717) is 5.56 Å². The Morgan fingerprint density at radius 3 is 1.97 bits per heavy atom. The van der Waals surface area contributed by atoms with Gasteiger partial charge in [-0.25, -0.2) is 14.4 Å². The third-order valence-electron chi connectivity index (χ3n) is 14.0. The van der Waals surface area contributed by atoms with Crippen LogP contribution in [-0.4, -0.2) is 106 Å². The molecule has 2 bridgehead atoms. The number of amides is 1. The summed E-state index contributed by atoms with van der Waals surface area (Å²) >= 11 is 0. The molecule has 16 nitrogen and oxygen atoms in total. The lowest BCUT2D eigenvalue weighted by Gasteiger charge is -2.67. The first kappa shape index (κ1) is 48.4. The van der Waals surface area contributed by atoms with Gasteiger partial charge in [0.15, 0.2) is 23.6 Å². The van der Waals surface area contributed by atoms with Gasteiger partial charge >= 0.3 is 29.8 Å². The van der Waals surface area contributed by atoms with Gasteiger partial charge in [0.1, 0.15) is 30.0 Å². The predicted octanol–water partition coefficient (Wildman–Crippen LogP) is 4.86. The van der Waals surface area contributed by atoms with Gasteiger partial charge in [-0.3, -0.25) is 19.2 Å². The largest absolute Gasteiger partial charge is 0.458 e. The first-order valence-corrected chi connectivity index (χ1v) is 22.1. The number of fused-ring (bicyclic) bond motifs is 5. The number of hydrogen-bond donors (Lipinski definition) is 3. The number of esters is 5. The Balaban J connectivity index is 1.43. The fourth-order valence-electron chi connectivity index (χ4n) is 10.6. The van der Waals surface area contributed by atoms with Crippen LogP contribution < -0.4 is 5.32 Å². The van der Waals surface area contributed by atoms with E-state index in [4.69, 9.17) is 28.4 Å². The van der Waals surface area contributed by atoms with Crippen LogP contribution in [0, 0.1) is 16.7 Å². The van der Waals surface area contributed by atoms with Crippen molar-refractivity contribution in [2.24, 2.45) is 16.7 Å². The quantitative estimate of drug-likeness (QED) is 0.0954. The summed E-state index contributed by atoms with van der Waals surface area (Å²) < 4.78 is 36.8. The highest BCUT2D eigenvalue weighted by atomic mass is 16.6. The molecule has 1 amide bonds. The number of allylic oxidation sites excluding steroid dienone is 1. The van der Waals surface area contributed by atoms with Crippen molar-refractivity contribution in [3.05, 3.63) is 131 Å². The number of carbonyl (C=O) groups is 7. The van der Waals surface area contributed by atoms with E-state index in [1.165, 1.54) is 32.1 Å². The highest BCUT2D eigenvalue weighted by molar-refractivity contribution is 5.97. The number of carbonyl (C=O) groups excluding carboxylic acids is 7. The second-order valence-electron chi connectivity index (χ2n) is 18.3. The van der Waals surface area contributed by atoms with Crippen LogP contribution >= 0.6 is 0 Å². The molecule has 67 heavy (non-hydrogen) atoms. The molecule has 16 heteroatoms. The first-order chi connectivity index (χ1) is 31.7. The fourth-order valence-corrected chi connectivity index (χ4v) is 10.6. The van der Waals surface area contributed by atoms with Crippen molar-refractivity contribution in [2.75, 3.05) is 6.61 Å². The fraction of sp³-hybridized carbons (Fsp3) is 0.431. The maximum absolute atomic E-state index is 16.0. The molecule has 3 aromatic carbocycles. The molecule has 2 saturated carbocycles. The molecule has 11 atom stereocenters. The summed E-state index contributed by atoms with van der Waals surface area (Å²) in [6.07, 6.45) is -8.06. The molecule has 3 fully saturated rings. The van der Waals surface area contributed by atoms with Gasteiger partial charge in [-0.05, 0) is 61.7 Å². The Hall–Kier alpha value is -6.49. The standard InChI is InChI=1S/C51H55NO15/c1-8-18-37(55)65-35-25-36-50(27-62-36,67-30(4)54)42-44(66-46(59)33-23-16-11-17-24-33)51(61)26-34(28(2)38(48(51,5)6)41(63-29(3)53)43(57)49(35,42)7)64-47(60)40(56)39(31-19-12-9-13-20-31)52-45(58)32-21-14-10-15-22-32/h8-24,34-36,39-42,44,56,61H,25-27H2,1-7H3,(H,52,58)/b18-8+/t34-,35-,36+,39-,40+,41+,42-,44-,49+,50-,51+/m0/s1. The van der Waals surface area contributed by atoms with Crippen LogP contribution in [0.3, 0.4) is 0 Å². The SMILES string of the molecule is C/C=C/C(=O)O[C@H]1C[C@H]2OC[C@@]2(OC(C)=O)[C@H]2[C@H](OC(=O)c3ccccc3)[C@]3(O)C[C@H](OC(=O)[C@H](O)[C@@H](NC(=O)c4ccccc4)c4ccccc4)C(C)=C([C@@H](OC(C)=O)C(=O)[C@]12C)C3(C)C. The number of hydrogen-bond acceptors (Lipinski definition) is 15. The van der Waals surface area contributed by atoms with Gasteiger partial charge in [0, 0.05) is 43.7 Å². The highest BCUT2D eigenvalue weighted by Gasteiger charge is 2.79. The molecule has 3 aliphatic carbocycles. The van der Waals surface area contributed by atoms with Crippen molar-refractivity contribution in [3.63, 3.8) is 0 Å². The summed E-state index contributed by atoms with van der Waals surface area (Å²) in [5.74, 6) is -7.87. The summed E-state index contributed by atoms with van der Waals surface area (Å²) in [7, 11) is 0. The van der Waals surface area contributed by atoms with Crippen molar-refractivity contribution in [2.45, 2.75) is 115 Å². The number of rotatable bonds is 12. The summed E-state index contributed by atoms with van der Waals surface area (Å²) in [5, 5.41) is 28.5. The molecule has 0 unspecified atom stereocenters. The molecule has 0 radical (unpaired) electrons. The number of aliphatic hydroxyl groups excluding tert-OH is 1. The van der Waals surface area contributed by atoms with Crippen molar-refractivity contribution < 1.29 is 72.2 Å². The van der Waals surface area contributed by atoms with Gasteiger partial charge in [-0.1, -0.05) is 86.7 Å². The van der Waals surface area contributed by atoms with Crippen LogP contribution in [0.25, 0.3) is 0 Å². The number of benzene rings is 3. The van der Waals surface area contributed by atoms with Gasteiger partial charge in [0.25, 0.3) is 5.91 Å². The van der Waals surface area contributed by atoms with E-state index in [9.17, 15) is 39.0 Å². The number of aliphatic hydroxyl groups is 2. The number of Topliss-reactive ketones (excluding diaryl/α,β-unsaturated/α-hetero) is 1. The van der Waals surface area contributed by atoms with Gasteiger partial charge in [0.05, 0.1) is 29.5 Å². The van der Waals surface area contributed by atoms with Crippen molar-refractivity contribution in [3.8, 4) is 0 Å². The van der Waals surface area contributed by atoms with Crippen LogP contribution in [0.4, 0.5) is 0 Å². The third kappa shape index (κ3) is 8.57. The Bertz CT molecular complexity index is 2490. The van der Waals surface area contributed by atoms with Gasteiger partial charge < -0.3 is 44.0 Å². The summed E-state index contributed by atoms with van der Waals surface area (Å²) in [6.45, 7) is 9.52. The predicted molar refractivity (Wildman–Crippen MR) is 236 cm³/mol. The molecular formula is C51H55NO15. The average molecular weight is 922 g/mol. The Morgan fingerprint density at radius 1 is 0.821 bits per heavy atom. The second kappa shape index (κ2) is 18.7. The zero-order valence-electron chi connectivity index (χ0n) is 38.3.